The van der Waals surface area contributed by atoms with E-state index in [0.717, 1.165) is 0 Å². The lowest BCUT2D eigenvalue weighted by Gasteiger charge is -2.36. The van der Waals surface area contributed by atoms with E-state index in [0.29, 0.717) is 5.41 Å². The predicted octanol–water partition coefficient (Wildman–Crippen LogP) is 2.78. The highest BCUT2D eigenvalue weighted by Crippen LogP contribution is 2.38. The minimum Gasteiger partial charge on any atom is -0.317 e. The molecule has 1 nitrogen and oxygen atoms in total. The van der Waals surface area contributed by atoms with E-state index < -0.39 is 0 Å². The maximum Gasteiger partial charge on any atom is 0.0108 e. The van der Waals surface area contributed by atoms with Gasteiger partial charge >= 0.3 is 0 Å². The van der Waals surface area contributed by atoms with Gasteiger partial charge in [0.1, 0.15) is 0 Å². The zero-order valence-electron chi connectivity index (χ0n) is 8.18. The zero-order valence-corrected chi connectivity index (χ0v) is 8.99. The van der Waals surface area contributed by atoms with Crippen LogP contribution in [0, 0.1) is 0 Å². The number of thiophene rings is 1. The fourth-order valence-corrected chi connectivity index (χ4v) is 3.32. The van der Waals surface area contributed by atoms with Crippen LogP contribution in [0.15, 0.2) is 17.5 Å². The summed E-state index contributed by atoms with van der Waals surface area (Å²) in [5.74, 6) is 0. The van der Waals surface area contributed by atoms with Crippen LogP contribution in [0.1, 0.15) is 31.1 Å². The highest BCUT2D eigenvalue weighted by atomic mass is 32.1. The van der Waals surface area contributed by atoms with E-state index in [-0.39, 0.29) is 0 Å². The van der Waals surface area contributed by atoms with E-state index in [1.165, 1.54) is 32.4 Å². The van der Waals surface area contributed by atoms with Crippen molar-refractivity contribution in [1.29, 1.82) is 0 Å². The molecule has 2 heterocycles. The number of hydrogen-bond donors (Lipinski definition) is 1. The first-order valence-electron chi connectivity index (χ1n) is 5.12. The van der Waals surface area contributed by atoms with Crippen molar-refractivity contribution in [2.75, 3.05) is 13.1 Å². The average molecular weight is 195 g/mol. The van der Waals surface area contributed by atoms with Gasteiger partial charge in [-0.05, 0) is 43.8 Å². The molecule has 0 aliphatic carbocycles. The van der Waals surface area contributed by atoms with Gasteiger partial charge in [-0.1, -0.05) is 13.0 Å². The molecule has 0 aromatic carbocycles. The molecular weight excluding hydrogens is 178 g/mol. The monoisotopic (exact) mass is 195 g/mol. The molecular formula is C11H17NS. The lowest BCUT2D eigenvalue weighted by molar-refractivity contribution is 0.303. The largest absolute Gasteiger partial charge is 0.317 e. The Balaban J connectivity index is 2.23. The Morgan fingerprint density at radius 2 is 2.23 bits per heavy atom. The highest BCUT2D eigenvalue weighted by Gasteiger charge is 2.32. The van der Waals surface area contributed by atoms with Crippen LogP contribution >= 0.6 is 11.3 Å². The quantitative estimate of drug-likeness (QED) is 0.765. The van der Waals surface area contributed by atoms with E-state index in [1.54, 1.807) is 4.88 Å². The van der Waals surface area contributed by atoms with Crippen molar-refractivity contribution in [3.05, 3.63) is 22.4 Å². The van der Waals surface area contributed by atoms with Gasteiger partial charge in [-0.2, -0.15) is 0 Å². The highest BCUT2D eigenvalue weighted by molar-refractivity contribution is 7.10. The smallest absolute Gasteiger partial charge is 0.0108 e. The molecule has 1 fully saturated rings. The molecule has 0 unspecified atom stereocenters. The molecule has 1 aliphatic rings. The van der Waals surface area contributed by atoms with Crippen LogP contribution in [0.5, 0.6) is 0 Å². The van der Waals surface area contributed by atoms with Crippen LogP contribution in [0.2, 0.25) is 0 Å². The Morgan fingerprint density at radius 1 is 1.46 bits per heavy atom. The van der Waals surface area contributed by atoms with Crippen molar-refractivity contribution >= 4 is 11.3 Å². The third-order valence-corrected chi connectivity index (χ3v) is 4.40. The number of hydrogen-bond acceptors (Lipinski definition) is 2. The zero-order chi connectivity index (χ0) is 9.15. The number of piperidine rings is 1. The molecule has 1 N–H and O–H groups in total. The summed E-state index contributed by atoms with van der Waals surface area (Å²) in [4.78, 5) is 1.59. The summed E-state index contributed by atoms with van der Waals surface area (Å²) in [6.45, 7) is 4.70. The number of nitrogens with one attached hydrogen (secondary N) is 1. The van der Waals surface area contributed by atoms with Crippen molar-refractivity contribution < 1.29 is 0 Å². The standard InChI is InChI=1S/C11H17NS/c1-2-11(5-7-12-8-6-11)10-4-3-9-13-10/h3-4,9,12H,2,5-8H2,1H3. The van der Waals surface area contributed by atoms with Crippen LogP contribution in [0.4, 0.5) is 0 Å². The van der Waals surface area contributed by atoms with Crippen molar-refractivity contribution in [3.8, 4) is 0 Å². The van der Waals surface area contributed by atoms with Crippen LogP contribution in [0.3, 0.4) is 0 Å². The van der Waals surface area contributed by atoms with E-state index in [9.17, 15) is 0 Å². The second kappa shape index (κ2) is 3.81. The first-order chi connectivity index (χ1) is 6.37. The van der Waals surface area contributed by atoms with Crippen molar-refractivity contribution in [3.63, 3.8) is 0 Å². The summed E-state index contributed by atoms with van der Waals surface area (Å²) < 4.78 is 0. The molecule has 2 rings (SSSR count). The van der Waals surface area contributed by atoms with Crippen LogP contribution < -0.4 is 5.32 Å². The van der Waals surface area contributed by atoms with Gasteiger partial charge in [-0.15, -0.1) is 11.3 Å². The normalized spacial score (nSPS) is 21.6. The molecule has 72 valence electrons. The SMILES string of the molecule is CCC1(c2cccs2)CCNCC1. The van der Waals surface area contributed by atoms with Crippen LogP contribution in [-0.4, -0.2) is 13.1 Å². The van der Waals surface area contributed by atoms with Crippen molar-refractivity contribution in [2.24, 2.45) is 0 Å². The van der Waals surface area contributed by atoms with Gasteiger partial charge in [0, 0.05) is 10.3 Å². The summed E-state index contributed by atoms with van der Waals surface area (Å²) in [5, 5.41) is 5.64. The molecule has 1 aromatic rings. The number of rotatable bonds is 2. The maximum atomic E-state index is 3.44. The Kier molecular flexibility index (Phi) is 2.70. The Hall–Kier alpha value is -0.340. The Morgan fingerprint density at radius 3 is 2.77 bits per heavy atom. The van der Waals surface area contributed by atoms with Crippen molar-refractivity contribution in [2.45, 2.75) is 31.6 Å². The molecule has 0 bridgehead atoms. The van der Waals surface area contributed by atoms with Gasteiger partial charge in [0.05, 0.1) is 0 Å². The summed E-state index contributed by atoms with van der Waals surface area (Å²) >= 11 is 1.93. The summed E-state index contributed by atoms with van der Waals surface area (Å²) in [5.41, 5.74) is 0.499. The summed E-state index contributed by atoms with van der Waals surface area (Å²) in [7, 11) is 0. The second-order valence-electron chi connectivity index (χ2n) is 3.86. The van der Waals surface area contributed by atoms with Gasteiger partial charge in [0.2, 0.25) is 0 Å². The van der Waals surface area contributed by atoms with Gasteiger partial charge < -0.3 is 5.32 Å². The molecule has 13 heavy (non-hydrogen) atoms. The Labute approximate surface area is 84.2 Å². The molecule has 2 heteroatoms. The average Bonchev–Trinajstić information content (AvgIpc) is 2.72. The van der Waals surface area contributed by atoms with Gasteiger partial charge in [-0.25, -0.2) is 0 Å². The topological polar surface area (TPSA) is 12.0 Å². The Bertz CT molecular complexity index is 247. The maximum absolute atomic E-state index is 3.44. The molecule has 1 aromatic heterocycles. The second-order valence-corrected chi connectivity index (χ2v) is 4.81. The third kappa shape index (κ3) is 1.65. The minimum absolute atomic E-state index is 0.499. The lowest BCUT2D eigenvalue weighted by Crippen LogP contribution is -2.38. The first kappa shape index (κ1) is 9.22. The van der Waals surface area contributed by atoms with E-state index in [2.05, 4.69) is 29.8 Å². The van der Waals surface area contributed by atoms with Gasteiger partial charge in [0.15, 0.2) is 0 Å². The first-order valence-corrected chi connectivity index (χ1v) is 6.00. The fraction of sp³-hybridized carbons (Fsp3) is 0.636. The predicted molar refractivity (Wildman–Crippen MR) is 58.4 cm³/mol. The van der Waals surface area contributed by atoms with Gasteiger partial charge in [-0.3, -0.25) is 0 Å². The van der Waals surface area contributed by atoms with Crippen molar-refractivity contribution in [1.82, 2.24) is 5.32 Å². The molecule has 0 atom stereocenters. The molecule has 0 radical (unpaired) electrons. The van der Waals surface area contributed by atoms with Crippen LogP contribution in [0.25, 0.3) is 0 Å². The lowest BCUT2D eigenvalue weighted by atomic mass is 9.75. The summed E-state index contributed by atoms with van der Waals surface area (Å²) in [6, 6.07) is 4.49. The molecule has 1 saturated heterocycles. The van der Waals surface area contributed by atoms with E-state index in [1.807, 2.05) is 11.3 Å². The fourth-order valence-electron chi connectivity index (χ4n) is 2.26. The molecule has 1 aliphatic heterocycles. The molecule has 0 spiro atoms. The van der Waals surface area contributed by atoms with E-state index in [4.69, 9.17) is 0 Å². The minimum atomic E-state index is 0.499. The summed E-state index contributed by atoms with van der Waals surface area (Å²) in [6.07, 6.45) is 3.91. The van der Waals surface area contributed by atoms with Gasteiger partial charge in [0.25, 0.3) is 0 Å². The van der Waals surface area contributed by atoms with Crippen LogP contribution in [-0.2, 0) is 5.41 Å². The van der Waals surface area contributed by atoms with E-state index >= 15 is 0 Å². The third-order valence-electron chi connectivity index (χ3n) is 3.28. The molecule has 0 amide bonds. The molecule has 0 saturated carbocycles.